The molecule has 3 nitrogen and oxygen atoms in total. The fourth-order valence-electron chi connectivity index (χ4n) is 6.81. The number of hydrogen-bond acceptors (Lipinski definition) is 1. The van der Waals surface area contributed by atoms with Crippen LogP contribution in [0, 0.1) is 0 Å². The Labute approximate surface area is 261 Å². The second-order valence-corrected chi connectivity index (χ2v) is 11.6. The molecule has 45 heavy (non-hydrogen) atoms. The lowest BCUT2D eigenvalue weighted by atomic mass is 10.0. The molecule has 0 saturated carbocycles. The Kier molecular flexibility index (Phi) is 5.82. The zero-order valence-corrected chi connectivity index (χ0v) is 24.5. The average molecular weight is 576 g/mol. The maximum atomic E-state index is 3.73. The van der Waals surface area contributed by atoms with Gasteiger partial charge in [0.1, 0.15) is 0 Å². The molecule has 3 heteroatoms. The molecule has 0 aliphatic heterocycles. The van der Waals surface area contributed by atoms with Gasteiger partial charge in [-0.05, 0) is 59.2 Å². The zero-order valence-electron chi connectivity index (χ0n) is 24.5. The lowest BCUT2D eigenvalue weighted by molar-refractivity contribution is 1.29. The van der Waals surface area contributed by atoms with Gasteiger partial charge in [-0.2, -0.15) is 0 Å². The SMILES string of the molecule is c1ccc(-c2ccc(N(c3ccc(-c4cccc5c4[nH]c4ccccc45)cc3)c3cccc4c3[nH]c3ccccc34)cc2)cc1. The number of H-pyrrole nitrogens is 2. The van der Waals surface area contributed by atoms with Crippen LogP contribution in [0.2, 0.25) is 0 Å². The van der Waals surface area contributed by atoms with E-state index < -0.39 is 0 Å². The standard InChI is InChI=1S/C42H29N3/c1-2-10-28(11-3-1)29-20-24-31(25-21-29)45(40-19-9-16-37-35-13-5-7-18-39(35)44-42(37)40)32-26-22-30(23-27-32)33-14-8-15-36-34-12-4-6-17-38(34)43-41(33)36/h1-27,43-44H. The molecular weight excluding hydrogens is 546 g/mol. The molecular formula is C42H29N3. The van der Waals surface area contributed by atoms with Gasteiger partial charge >= 0.3 is 0 Å². The fourth-order valence-corrected chi connectivity index (χ4v) is 6.81. The molecule has 2 N–H and O–H groups in total. The van der Waals surface area contributed by atoms with Crippen LogP contribution in [0.25, 0.3) is 65.9 Å². The first-order valence-corrected chi connectivity index (χ1v) is 15.4. The topological polar surface area (TPSA) is 34.8 Å². The van der Waals surface area contributed by atoms with Gasteiger partial charge in [-0.3, -0.25) is 0 Å². The van der Waals surface area contributed by atoms with Crippen molar-refractivity contribution in [2.24, 2.45) is 0 Å². The first kappa shape index (κ1) is 25.4. The Bertz CT molecular complexity index is 2470. The van der Waals surface area contributed by atoms with Gasteiger partial charge in [0.15, 0.2) is 0 Å². The number of para-hydroxylation sites is 4. The molecule has 0 radical (unpaired) electrons. The number of nitrogens with zero attached hydrogens (tertiary/aromatic N) is 1. The Hall–Kier alpha value is -6.06. The molecule has 0 fully saturated rings. The average Bonchev–Trinajstić information content (AvgIpc) is 3.69. The summed E-state index contributed by atoms with van der Waals surface area (Å²) in [6.07, 6.45) is 0. The molecule has 0 aliphatic carbocycles. The van der Waals surface area contributed by atoms with Gasteiger partial charge in [0.25, 0.3) is 0 Å². The third-order valence-corrected chi connectivity index (χ3v) is 8.97. The number of aromatic nitrogens is 2. The van der Waals surface area contributed by atoms with Gasteiger partial charge in [-0.1, -0.05) is 121 Å². The van der Waals surface area contributed by atoms with Crippen LogP contribution in [0.15, 0.2) is 164 Å². The van der Waals surface area contributed by atoms with Gasteiger partial charge in [-0.25, -0.2) is 0 Å². The maximum Gasteiger partial charge on any atom is 0.0709 e. The molecule has 212 valence electrons. The normalized spacial score (nSPS) is 11.6. The fraction of sp³-hybridized carbons (Fsp3) is 0. The van der Waals surface area contributed by atoms with E-state index in [4.69, 9.17) is 0 Å². The summed E-state index contributed by atoms with van der Waals surface area (Å²) in [5.41, 5.74) is 12.7. The summed E-state index contributed by atoms with van der Waals surface area (Å²) in [5, 5.41) is 4.95. The van der Waals surface area contributed by atoms with E-state index in [0.29, 0.717) is 0 Å². The Morgan fingerprint density at radius 1 is 0.333 bits per heavy atom. The number of benzene rings is 7. The number of aromatic amines is 2. The molecule has 0 spiro atoms. The molecule has 0 amide bonds. The predicted molar refractivity (Wildman–Crippen MR) is 191 cm³/mol. The molecule has 9 rings (SSSR count). The number of anilines is 3. The number of rotatable bonds is 5. The molecule has 2 heterocycles. The second-order valence-electron chi connectivity index (χ2n) is 11.6. The number of hydrogen-bond donors (Lipinski definition) is 2. The summed E-state index contributed by atoms with van der Waals surface area (Å²) in [4.78, 5) is 9.76. The van der Waals surface area contributed by atoms with Crippen LogP contribution in [-0.4, -0.2) is 9.97 Å². The lowest BCUT2D eigenvalue weighted by Crippen LogP contribution is -2.10. The third kappa shape index (κ3) is 4.21. The highest BCUT2D eigenvalue weighted by Crippen LogP contribution is 2.42. The molecule has 0 unspecified atom stereocenters. The Morgan fingerprint density at radius 2 is 0.822 bits per heavy atom. The van der Waals surface area contributed by atoms with Crippen molar-refractivity contribution in [3.8, 4) is 22.3 Å². The van der Waals surface area contributed by atoms with Crippen LogP contribution < -0.4 is 4.90 Å². The summed E-state index contributed by atoms with van der Waals surface area (Å²) in [6, 6.07) is 58.6. The van der Waals surface area contributed by atoms with E-state index in [1.807, 2.05) is 0 Å². The van der Waals surface area contributed by atoms with Crippen LogP contribution >= 0.6 is 0 Å². The number of fused-ring (bicyclic) bond motifs is 6. The lowest BCUT2D eigenvalue weighted by Gasteiger charge is -2.26. The molecule has 0 atom stereocenters. The Balaban J connectivity index is 1.19. The van der Waals surface area contributed by atoms with Crippen LogP contribution in [0.1, 0.15) is 0 Å². The minimum Gasteiger partial charge on any atom is -0.354 e. The van der Waals surface area contributed by atoms with E-state index in [1.54, 1.807) is 0 Å². The predicted octanol–water partition coefficient (Wildman–Crippen LogP) is 11.8. The third-order valence-electron chi connectivity index (χ3n) is 8.97. The molecule has 2 aromatic heterocycles. The van der Waals surface area contributed by atoms with E-state index in [9.17, 15) is 0 Å². The minimum absolute atomic E-state index is 1.10. The van der Waals surface area contributed by atoms with Crippen LogP contribution in [0.5, 0.6) is 0 Å². The van der Waals surface area contributed by atoms with E-state index in [1.165, 1.54) is 49.3 Å². The van der Waals surface area contributed by atoms with Crippen molar-refractivity contribution in [1.82, 2.24) is 9.97 Å². The first-order chi connectivity index (χ1) is 22.3. The summed E-state index contributed by atoms with van der Waals surface area (Å²) in [7, 11) is 0. The highest BCUT2D eigenvalue weighted by atomic mass is 15.1. The van der Waals surface area contributed by atoms with Crippen LogP contribution in [0.3, 0.4) is 0 Å². The van der Waals surface area contributed by atoms with Gasteiger partial charge in [0, 0.05) is 49.5 Å². The first-order valence-electron chi connectivity index (χ1n) is 15.4. The van der Waals surface area contributed by atoms with E-state index in [2.05, 4.69) is 179 Å². The molecule has 0 bridgehead atoms. The second kappa shape index (κ2) is 10.3. The van der Waals surface area contributed by atoms with Crippen molar-refractivity contribution >= 4 is 60.7 Å². The van der Waals surface area contributed by atoms with Crippen molar-refractivity contribution in [3.63, 3.8) is 0 Å². The highest BCUT2D eigenvalue weighted by molar-refractivity contribution is 6.13. The van der Waals surface area contributed by atoms with Crippen molar-refractivity contribution in [1.29, 1.82) is 0 Å². The maximum absolute atomic E-state index is 3.73. The molecule has 0 saturated heterocycles. The quantitative estimate of drug-likeness (QED) is 0.210. The van der Waals surface area contributed by atoms with Crippen molar-refractivity contribution in [2.75, 3.05) is 4.90 Å². The molecule has 0 aliphatic rings. The minimum atomic E-state index is 1.10. The van der Waals surface area contributed by atoms with Crippen LogP contribution in [0.4, 0.5) is 17.1 Å². The van der Waals surface area contributed by atoms with E-state index >= 15 is 0 Å². The van der Waals surface area contributed by atoms with Crippen molar-refractivity contribution in [3.05, 3.63) is 164 Å². The molecule has 9 aromatic rings. The van der Waals surface area contributed by atoms with Gasteiger partial charge < -0.3 is 14.9 Å². The highest BCUT2D eigenvalue weighted by Gasteiger charge is 2.18. The van der Waals surface area contributed by atoms with Crippen molar-refractivity contribution in [2.45, 2.75) is 0 Å². The Morgan fingerprint density at radius 3 is 1.49 bits per heavy atom. The summed E-state index contributed by atoms with van der Waals surface area (Å²) >= 11 is 0. The molecule has 7 aromatic carbocycles. The largest absolute Gasteiger partial charge is 0.354 e. The summed E-state index contributed by atoms with van der Waals surface area (Å²) < 4.78 is 0. The van der Waals surface area contributed by atoms with Crippen LogP contribution in [-0.2, 0) is 0 Å². The van der Waals surface area contributed by atoms with Crippen molar-refractivity contribution < 1.29 is 0 Å². The van der Waals surface area contributed by atoms with E-state index in [-0.39, 0.29) is 0 Å². The van der Waals surface area contributed by atoms with Gasteiger partial charge in [-0.15, -0.1) is 0 Å². The van der Waals surface area contributed by atoms with Gasteiger partial charge in [0.2, 0.25) is 0 Å². The van der Waals surface area contributed by atoms with E-state index in [0.717, 1.165) is 33.6 Å². The van der Waals surface area contributed by atoms with Gasteiger partial charge in [0.05, 0.1) is 16.7 Å². The monoisotopic (exact) mass is 575 g/mol. The summed E-state index contributed by atoms with van der Waals surface area (Å²) in [6.45, 7) is 0. The smallest absolute Gasteiger partial charge is 0.0709 e. The summed E-state index contributed by atoms with van der Waals surface area (Å²) in [5.74, 6) is 0. The number of nitrogens with one attached hydrogen (secondary N) is 2. The zero-order chi connectivity index (χ0) is 29.7.